The maximum atomic E-state index is 12.8. The molecule has 3 N–H and O–H groups in total. The van der Waals surface area contributed by atoms with Gasteiger partial charge in [0.1, 0.15) is 18.1 Å². The molecule has 1 amide bonds. The quantitative estimate of drug-likeness (QED) is 0.477. The van der Waals surface area contributed by atoms with Crippen molar-refractivity contribution < 1.29 is 24.2 Å². The summed E-state index contributed by atoms with van der Waals surface area (Å²) in [7, 11) is 1.55. The number of benzene rings is 1. The number of amides is 1. The number of aromatic nitrogens is 3. The van der Waals surface area contributed by atoms with Gasteiger partial charge in [-0.1, -0.05) is 6.07 Å². The smallest absolute Gasteiger partial charge is 0.329 e. The lowest BCUT2D eigenvalue weighted by atomic mass is 10.1. The van der Waals surface area contributed by atoms with E-state index < -0.39 is 5.97 Å². The van der Waals surface area contributed by atoms with Crippen LogP contribution < -0.4 is 15.0 Å². The first-order chi connectivity index (χ1) is 16.0. The summed E-state index contributed by atoms with van der Waals surface area (Å²) < 4.78 is 10.9. The predicted octanol–water partition coefficient (Wildman–Crippen LogP) is 2.80. The maximum absolute atomic E-state index is 12.8. The van der Waals surface area contributed by atoms with E-state index in [1.807, 2.05) is 12.1 Å². The third-order valence-corrected chi connectivity index (χ3v) is 5.44. The van der Waals surface area contributed by atoms with E-state index in [0.29, 0.717) is 17.1 Å². The van der Waals surface area contributed by atoms with Gasteiger partial charge >= 0.3 is 5.97 Å². The molecule has 10 heteroatoms. The summed E-state index contributed by atoms with van der Waals surface area (Å²) in [5.74, 6) is -0.767. The molecule has 10 nitrogen and oxygen atoms in total. The van der Waals surface area contributed by atoms with E-state index in [1.165, 1.54) is 0 Å². The van der Waals surface area contributed by atoms with Gasteiger partial charge in [-0.3, -0.25) is 9.89 Å². The molecule has 33 heavy (non-hydrogen) atoms. The highest BCUT2D eigenvalue weighted by molar-refractivity contribution is 6.04. The fraction of sp³-hybridized carbons (Fsp3) is 0.304. The number of methoxy groups -OCH3 is 1. The number of hydrogen-bond donors (Lipinski definition) is 3. The Morgan fingerprint density at radius 3 is 2.73 bits per heavy atom. The second-order valence-corrected chi connectivity index (χ2v) is 7.61. The minimum absolute atomic E-state index is 0.0529. The van der Waals surface area contributed by atoms with E-state index in [4.69, 9.17) is 14.6 Å². The zero-order valence-corrected chi connectivity index (χ0v) is 18.2. The number of anilines is 2. The van der Waals surface area contributed by atoms with Gasteiger partial charge in [0.05, 0.1) is 30.3 Å². The number of carbonyl (C=O) groups excluding carboxylic acids is 1. The summed E-state index contributed by atoms with van der Waals surface area (Å²) >= 11 is 0. The van der Waals surface area contributed by atoms with Crippen LogP contribution in [0.1, 0.15) is 23.3 Å². The molecule has 1 aromatic carbocycles. The van der Waals surface area contributed by atoms with Crippen molar-refractivity contribution in [2.75, 3.05) is 37.0 Å². The van der Waals surface area contributed by atoms with Crippen molar-refractivity contribution in [1.82, 2.24) is 15.2 Å². The third kappa shape index (κ3) is 5.47. The first-order valence-corrected chi connectivity index (χ1v) is 10.6. The molecule has 1 fully saturated rings. The van der Waals surface area contributed by atoms with Crippen LogP contribution in [-0.4, -0.2) is 65.1 Å². The van der Waals surface area contributed by atoms with Crippen LogP contribution in [0.4, 0.5) is 11.4 Å². The molecule has 3 heterocycles. The number of carboxylic acids is 1. The molecule has 0 aliphatic carbocycles. The fourth-order valence-electron chi connectivity index (χ4n) is 3.75. The molecule has 0 atom stereocenters. The highest BCUT2D eigenvalue weighted by atomic mass is 16.5. The lowest BCUT2D eigenvalue weighted by Crippen LogP contribution is -2.37. The largest absolute Gasteiger partial charge is 0.494 e. The van der Waals surface area contributed by atoms with Crippen molar-refractivity contribution in [2.45, 2.75) is 18.9 Å². The summed E-state index contributed by atoms with van der Waals surface area (Å²) in [6.45, 7) is 1.21. The van der Waals surface area contributed by atoms with Crippen molar-refractivity contribution in [1.29, 1.82) is 0 Å². The Bertz CT molecular complexity index is 1110. The van der Waals surface area contributed by atoms with Gasteiger partial charge in [0.2, 0.25) is 0 Å². The number of H-pyrrole nitrogens is 1. The number of aliphatic carboxylic acids is 1. The summed E-state index contributed by atoms with van der Waals surface area (Å²) in [5, 5.41) is 18.4. The van der Waals surface area contributed by atoms with Crippen LogP contribution in [0, 0.1) is 0 Å². The number of nitrogens with one attached hydrogen (secondary N) is 2. The van der Waals surface area contributed by atoms with Crippen LogP contribution in [-0.2, 0) is 9.53 Å². The highest BCUT2D eigenvalue weighted by Gasteiger charge is 2.22. The Labute approximate surface area is 190 Å². The SMILES string of the molecule is COc1cc(N2CCC(OCC(=O)O)CC2)ccc1NC(=O)c1cccc(-c2ccn[nH]2)n1. The molecular weight excluding hydrogens is 426 g/mol. The summed E-state index contributed by atoms with van der Waals surface area (Å²) in [6.07, 6.45) is 3.06. The van der Waals surface area contributed by atoms with Crippen molar-refractivity contribution >= 4 is 23.3 Å². The van der Waals surface area contributed by atoms with E-state index in [9.17, 15) is 9.59 Å². The zero-order chi connectivity index (χ0) is 23.2. The molecule has 2 aromatic heterocycles. The number of pyridine rings is 1. The first-order valence-electron chi connectivity index (χ1n) is 10.6. The van der Waals surface area contributed by atoms with Crippen LogP contribution in [0.5, 0.6) is 5.75 Å². The molecule has 0 unspecified atom stereocenters. The second kappa shape index (κ2) is 10.1. The van der Waals surface area contributed by atoms with Gasteiger partial charge in [-0.15, -0.1) is 0 Å². The second-order valence-electron chi connectivity index (χ2n) is 7.61. The predicted molar refractivity (Wildman–Crippen MR) is 122 cm³/mol. The number of rotatable bonds is 8. The molecule has 1 aliphatic heterocycles. The molecule has 0 spiro atoms. The van der Waals surface area contributed by atoms with Gasteiger partial charge in [-0.2, -0.15) is 5.10 Å². The summed E-state index contributed by atoms with van der Waals surface area (Å²) in [4.78, 5) is 30.1. The van der Waals surface area contributed by atoms with Gasteiger partial charge in [-0.25, -0.2) is 9.78 Å². The van der Waals surface area contributed by atoms with Gasteiger partial charge in [0.25, 0.3) is 5.91 Å². The molecule has 1 aliphatic rings. The Kier molecular flexibility index (Phi) is 6.84. The Hall–Kier alpha value is -3.92. The van der Waals surface area contributed by atoms with Gasteiger partial charge in [0.15, 0.2) is 0 Å². The van der Waals surface area contributed by atoms with Crippen LogP contribution >= 0.6 is 0 Å². The number of ether oxygens (including phenoxy) is 2. The number of carboxylic acid groups (broad SMARTS) is 1. The zero-order valence-electron chi connectivity index (χ0n) is 18.2. The van der Waals surface area contributed by atoms with Crippen molar-refractivity contribution in [3.63, 3.8) is 0 Å². The molecule has 0 saturated carbocycles. The third-order valence-electron chi connectivity index (χ3n) is 5.44. The van der Waals surface area contributed by atoms with Crippen LogP contribution in [0.15, 0.2) is 48.7 Å². The number of nitrogens with zero attached hydrogens (tertiary/aromatic N) is 3. The number of piperidine rings is 1. The molecule has 3 aromatic rings. The first kappa shape index (κ1) is 22.3. The van der Waals surface area contributed by atoms with Crippen LogP contribution in [0.2, 0.25) is 0 Å². The number of hydrogen-bond acceptors (Lipinski definition) is 7. The molecular formula is C23H25N5O5. The van der Waals surface area contributed by atoms with Crippen molar-refractivity contribution in [3.05, 3.63) is 54.4 Å². The Morgan fingerprint density at radius 1 is 1.21 bits per heavy atom. The molecule has 4 rings (SSSR count). The topological polar surface area (TPSA) is 130 Å². The minimum atomic E-state index is -0.956. The lowest BCUT2D eigenvalue weighted by Gasteiger charge is -2.33. The van der Waals surface area contributed by atoms with Crippen molar-refractivity contribution in [2.24, 2.45) is 0 Å². The number of carbonyl (C=O) groups is 2. The maximum Gasteiger partial charge on any atom is 0.329 e. The molecule has 1 saturated heterocycles. The van der Waals surface area contributed by atoms with E-state index in [0.717, 1.165) is 37.3 Å². The Morgan fingerprint density at radius 2 is 2.03 bits per heavy atom. The fourth-order valence-corrected chi connectivity index (χ4v) is 3.75. The van der Waals surface area contributed by atoms with Gasteiger partial charge < -0.3 is 24.8 Å². The number of aromatic amines is 1. The summed E-state index contributed by atoms with van der Waals surface area (Å²) in [6, 6.07) is 12.6. The van der Waals surface area contributed by atoms with E-state index in [-0.39, 0.29) is 24.3 Å². The molecule has 0 radical (unpaired) electrons. The van der Waals surface area contributed by atoms with E-state index >= 15 is 0 Å². The van der Waals surface area contributed by atoms with E-state index in [1.54, 1.807) is 43.6 Å². The Balaban J connectivity index is 1.42. The van der Waals surface area contributed by atoms with Gasteiger partial charge in [0, 0.05) is 31.0 Å². The minimum Gasteiger partial charge on any atom is -0.494 e. The van der Waals surface area contributed by atoms with Crippen molar-refractivity contribution in [3.8, 4) is 17.1 Å². The average Bonchev–Trinajstić information content (AvgIpc) is 3.38. The standard InChI is InChI=1S/C23H25N5O5/c1-32-21-13-15(28-11-8-16(9-12-28)33-14-22(29)30)5-6-19(21)26-23(31)20-4-2-3-17(25-20)18-7-10-24-27-18/h2-7,10,13,16H,8-9,11-12,14H2,1H3,(H,24,27)(H,26,31)(H,29,30). The molecule has 172 valence electrons. The molecule has 0 bridgehead atoms. The highest BCUT2D eigenvalue weighted by Crippen LogP contribution is 2.32. The van der Waals surface area contributed by atoms with E-state index in [2.05, 4.69) is 25.4 Å². The monoisotopic (exact) mass is 451 g/mol. The van der Waals surface area contributed by atoms with Crippen LogP contribution in [0.3, 0.4) is 0 Å². The average molecular weight is 451 g/mol. The summed E-state index contributed by atoms with van der Waals surface area (Å²) in [5.41, 5.74) is 3.12. The van der Waals surface area contributed by atoms with Gasteiger partial charge in [-0.05, 0) is 43.2 Å². The lowest BCUT2D eigenvalue weighted by molar-refractivity contribution is -0.144. The van der Waals surface area contributed by atoms with Crippen LogP contribution in [0.25, 0.3) is 11.4 Å². The normalized spacial score (nSPS) is 14.2.